The molecular formula is C19H26N2O4. The van der Waals surface area contributed by atoms with E-state index >= 15 is 0 Å². The number of methoxy groups -OCH3 is 1. The van der Waals surface area contributed by atoms with Crippen LogP contribution in [-0.4, -0.2) is 60.7 Å². The van der Waals surface area contributed by atoms with Gasteiger partial charge in [0.1, 0.15) is 17.9 Å². The third kappa shape index (κ3) is 3.72. The Morgan fingerprint density at radius 1 is 1.20 bits per heavy atom. The third-order valence-electron chi connectivity index (χ3n) is 5.00. The van der Waals surface area contributed by atoms with E-state index in [2.05, 4.69) is 13.0 Å². The first-order valence-corrected chi connectivity index (χ1v) is 9.02. The number of para-hydroxylation sites is 1. The minimum Gasteiger partial charge on any atom is -0.486 e. The van der Waals surface area contributed by atoms with Crippen LogP contribution in [0.15, 0.2) is 24.3 Å². The van der Waals surface area contributed by atoms with Crippen molar-refractivity contribution < 1.29 is 19.1 Å². The number of likely N-dealkylation sites (tertiary alicyclic amines) is 2. The first-order valence-electron chi connectivity index (χ1n) is 9.02. The van der Waals surface area contributed by atoms with Gasteiger partial charge in [-0.05, 0) is 37.3 Å². The summed E-state index contributed by atoms with van der Waals surface area (Å²) in [5.74, 6) is 0.907. The molecule has 6 heteroatoms. The van der Waals surface area contributed by atoms with Crippen LogP contribution >= 0.6 is 0 Å². The average Bonchev–Trinajstić information content (AvgIpc) is 2.63. The molecule has 0 N–H and O–H groups in total. The fourth-order valence-electron chi connectivity index (χ4n) is 3.52. The van der Waals surface area contributed by atoms with Crippen molar-refractivity contribution in [2.45, 2.75) is 44.8 Å². The highest BCUT2D eigenvalue weighted by molar-refractivity contribution is 5.86. The highest BCUT2D eigenvalue weighted by atomic mass is 16.5. The molecular weight excluding hydrogens is 320 g/mol. The van der Waals surface area contributed by atoms with Crippen molar-refractivity contribution in [1.82, 2.24) is 9.80 Å². The zero-order chi connectivity index (χ0) is 17.8. The molecule has 2 amide bonds. The molecule has 1 atom stereocenters. The number of aryl methyl sites for hydroxylation is 1. The molecule has 0 bridgehead atoms. The number of hydrogen-bond donors (Lipinski definition) is 0. The molecule has 25 heavy (non-hydrogen) atoms. The van der Waals surface area contributed by atoms with E-state index < -0.39 is 12.1 Å². The van der Waals surface area contributed by atoms with E-state index in [1.54, 1.807) is 9.80 Å². The minimum absolute atomic E-state index is 0.00808. The van der Waals surface area contributed by atoms with E-state index in [0.717, 1.165) is 25.0 Å². The monoisotopic (exact) mass is 346 g/mol. The van der Waals surface area contributed by atoms with Crippen molar-refractivity contribution in [1.29, 1.82) is 0 Å². The van der Waals surface area contributed by atoms with Gasteiger partial charge in [0.15, 0.2) is 0 Å². The maximum Gasteiger partial charge on any atom is 0.410 e. The second-order valence-corrected chi connectivity index (χ2v) is 6.62. The van der Waals surface area contributed by atoms with E-state index in [-0.39, 0.29) is 12.0 Å². The molecule has 1 aromatic carbocycles. The highest BCUT2D eigenvalue weighted by Gasteiger charge is 2.40. The number of rotatable bonds is 4. The fraction of sp³-hybridized carbons (Fsp3) is 0.579. The van der Waals surface area contributed by atoms with E-state index in [0.29, 0.717) is 26.1 Å². The minimum atomic E-state index is -0.414. The summed E-state index contributed by atoms with van der Waals surface area (Å²) in [5.41, 5.74) is 1.18. The fourth-order valence-corrected chi connectivity index (χ4v) is 3.52. The van der Waals surface area contributed by atoms with E-state index in [4.69, 9.17) is 9.47 Å². The first-order chi connectivity index (χ1) is 12.1. The molecule has 0 aliphatic carbocycles. The Morgan fingerprint density at radius 3 is 2.68 bits per heavy atom. The van der Waals surface area contributed by atoms with Crippen LogP contribution in [0.25, 0.3) is 0 Å². The Morgan fingerprint density at radius 2 is 1.96 bits per heavy atom. The van der Waals surface area contributed by atoms with Crippen molar-refractivity contribution in [3.05, 3.63) is 29.8 Å². The van der Waals surface area contributed by atoms with Crippen molar-refractivity contribution in [3.63, 3.8) is 0 Å². The summed E-state index contributed by atoms with van der Waals surface area (Å²) in [4.78, 5) is 28.0. The molecule has 2 heterocycles. The second-order valence-electron chi connectivity index (χ2n) is 6.62. The quantitative estimate of drug-likeness (QED) is 0.840. The van der Waals surface area contributed by atoms with Gasteiger partial charge in [-0.1, -0.05) is 25.1 Å². The lowest BCUT2D eigenvalue weighted by molar-refractivity contribution is -0.146. The number of piperidine rings is 1. The molecule has 0 radical (unpaired) electrons. The topological polar surface area (TPSA) is 59.1 Å². The molecule has 2 aliphatic heterocycles. The molecule has 1 unspecified atom stereocenters. The molecule has 2 fully saturated rings. The van der Waals surface area contributed by atoms with Gasteiger partial charge in [0.05, 0.1) is 20.2 Å². The molecule has 0 aromatic heterocycles. The van der Waals surface area contributed by atoms with E-state index in [1.165, 1.54) is 12.7 Å². The Kier molecular flexibility index (Phi) is 5.46. The summed E-state index contributed by atoms with van der Waals surface area (Å²) in [6.45, 7) is 3.83. The number of benzene rings is 1. The van der Waals surface area contributed by atoms with Crippen molar-refractivity contribution in [2.24, 2.45) is 0 Å². The van der Waals surface area contributed by atoms with Gasteiger partial charge < -0.3 is 14.4 Å². The smallest absolute Gasteiger partial charge is 0.410 e. The van der Waals surface area contributed by atoms with Crippen LogP contribution < -0.4 is 4.74 Å². The molecule has 2 aliphatic rings. The van der Waals surface area contributed by atoms with Gasteiger partial charge in [0.2, 0.25) is 5.91 Å². The second kappa shape index (κ2) is 7.76. The molecule has 1 aromatic rings. The van der Waals surface area contributed by atoms with Crippen molar-refractivity contribution in [2.75, 3.05) is 26.7 Å². The standard InChI is InChI=1S/C19H26N2O4/c1-3-14-8-4-5-10-17(14)25-15-12-20(13-15)18(22)16-9-6-7-11-21(16)19(23)24-2/h4-5,8,10,15-16H,3,6-7,9,11-13H2,1-2H3. The Bertz CT molecular complexity index is 628. The van der Waals surface area contributed by atoms with Crippen LogP contribution in [0.4, 0.5) is 4.79 Å². The van der Waals surface area contributed by atoms with Gasteiger partial charge in [-0.3, -0.25) is 9.69 Å². The molecule has 2 saturated heterocycles. The summed E-state index contributed by atoms with van der Waals surface area (Å²) in [6.07, 6.45) is 3.10. The highest BCUT2D eigenvalue weighted by Crippen LogP contribution is 2.26. The van der Waals surface area contributed by atoms with Crippen molar-refractivity contribution >= 4 is 12.0 Å². The molecule has 3 rings (SSSR count). The lowest BCUT2D eigenvalue weighted by Gasteiger charge is -2.43. The molecule has 136 valence electrons. The SMILES string of the molecule is CCc1ccccc1OC1CN(C(=O)C2CCCCN2C(=O)OC)C1. The van der Waals surface area contributed by atoms with Crippen LogP contribution in [0.2, 0.25) is 0 Å². The Balaban J connectivity index is 1.56. The van der Waals surface area contributed by atoms with E-state index in [1.807, 2.05) is 18.2 Å². The predicted molar refractivity (Wildman–Crippen MR) is 93.6 cm³/mol. The van der Waals surface area contributed by atoms with Gasteiger partial charge in [0, 0.05) is 6.54 Å². The first kappa shape index (κ1) is 17.6. The lowest BCUT2D eigenvalue weighted by Crippen LogP contribution is -2.62. The van der Waals surface area contributed by atoms with Gasteiger partial charge >= 0.3 is 6.09 Å². The molecule has 0 saturated carbocycles. The van der Waals surface area contributed by atoms with Crippen molar-refractivity contribution in [3.8, 4) is 5.75 Å². The largest absolute Gasteiger partial charge is 0.486 e. The van der Waals surface area contributed by atoms with Gasteiger partial charge in [-0.15, -0.1) is 0 Å². The summed E-state index contributed by atoms with van der Waals surface area (Å²) in [6, 6.07) is 7.61. The van der Waals surface area contributed by atoms with Gasteiger partial charge in [0.25, 0.3) is 0 Å². The number of nitrogens with zero attached hydrogens (tertiary/aromatic N) is 2. The number of carbonyl (C=O) groups is 2. The molecule has 0 spiro atoms. The number of carbonyl (C=O) groups excluding carboxylic acids is 2. The summed E-state index contributed by atoms with van der Waals surface area (Å²) < 4.78 is 10.9. The van der Waals surface area contributed by atoms with Crippen LogP contribution in [-0.2, 0) is 16.0 Å². The zero-order valence-corrected chi connectivity index (χ0v) is 14.9. The van der Waals surface area contributed by atoms with Crippen LogP contribution in [0.5, 0.6) is 5.75 Å². The number of hydrogen-bond acceptors (Lipinski definition) is 4. The van der Waals surface area contributed by atoms with Crippen LogP contribution in [0.3, 0.4) is 0 Å². The summed E-state index contributed by atoms with van der Waals surface area (Å²) in [7, 11) is 1.36. The normalized spacial score (nSPS) is 20.8. The lowest BCUT2D eigenvalue weighted by atomic mass is 9.99. The van der Waals surface area contributed by atoms with Gasteiger partial charge in [-0.2, -0.15) is 0 Å². The Hall–Kier alpha value is -2.24. The predicted octanol–water partition coefficient (Wildman–Crippen LogP) is 2.46. The van der Waals surface area contributed by atoms with Gasteiger partial charge in [-0.25, -0.2) is 4.79 Å². The van der Waals surface area contributed by atoms with Crippen LogP contribution in [0.1, 0.15) is 31.7 Å². The van der Waals surface area contributed by atoms with Crippen LogP contribution in [0, 0.1) is 0 Å². The number of amides is 2. The maximum absolute atomic E-state index is 12.8. The molecule has 6 nitrogen and oxygen atoms in total. The Labute approximate surface area is 148 Å². The summed E-state index contributed by atoms with van der Waals surface area (Å²) in [5, 5.41) is 0. The average molecular weight is 346 g/mol. The summed E-state index contributed by atoms with van der Waals surface area (Å²) >= 11 is 0. The third-order valence-corrected chi connectivity index (χ3v) is 5.00. The van der Waals surface area contributed by atoms with E-state index in [9.17, 15) is 9.59 Å². The zero-order valence-electron chi connectivity index (χ0n) is 14.9. The maximum atomic E-state index is 12.8. The number of ether oxygens (including phenoxy) is 2.